The van der Waals surface area contributed by atoms with Crippen molar-refractivity contribution < 1.29 is 80.2 Å². The van der Waals surface area contributed by atoms with Crippen LogP contribution in [0.2, 0.25) is 0 Å². The lowest BCUT2D eigenvalue weighted by Gasteiger charge is -2.21. The fraction of sp³-hybridized carbons (Fsp3) is 0.887. The van der Waals surface area contributed by atoms with Gasteiger partial charge < -0.3 is 33.8 Å². The van der Waals surface area contributed by atoms with Crippen molar-refractivity contribution in [1.82, 2.24) is 0 Å². The molecule has 0 aliphatic rings. The monoisotopic (exact) mass is 1320 g/mol. The molecule has 0 aromatic rings. The summed E-state index contributed by atoms with van der Waals surface area (Å²) in [6.45, 7) is 11.7. The molecule has 17 nitrogen and oxygen atoms in total. The molecule has 0 aliphatic carbocycles. The second-order valence-corrected chi connectivity index (χ2v) is 29.0. The molecule has 0 saturated heterocycles. The Kier molecular flexibility index (Phi) is 59.7. The normalized spacial score (nSPS) is 14.7. The quantitative estimate of drug-likeness (QED) is 0.0169. The number of hydrogen-bond donors (Lipinski definition) is 3. The van der Waals surface area contributed by atoms with E-state index in [2.05, 4.69) is 72.8 Å². The Morgan fingerprint density at radius 3 is 0.989 bits per heavy atom. The van der Waals surface area contributed by atoms with Gasteiger partial charge in [0.05, 0.1) is 26.4 Å². The van der Waals surface area contributed by atoms with Crippen LogP contribution in [0.3, 0.4) is 0 Å². The maximum absolute atomic E-state index is 13.0. The lowest BCUT2D eigenvalue weighted by molar-refractivity contribution is -0.161. The molecule has 4 unspecified atom stereocenters. The van der Waals surface area contributed by atoms with Crippen molar-refractivity contribution in [1.29, 1.82) is 0 Å². The zero-order valence-corrected chi connectivity index (χ0v) is 59.9. The molecule has 0 amide bonds. The number of phosphoric ester groups is 2. The Morgan fingerprint density at radius 2 is 0.656 bits per heavy atom. The van der Waals surface area contributed by atoms with Crippen LogP contribution in [0.4, 0.5) is 0 Å². The molecule has 0 saturated carbocycles. The van der Waals surface area contributed by atoms with Gasteiger partial charge in [0, 0.05) is 25.7 Å². The molecule has 90 heavy (non-hydrogen) atoms. The van der Waals surface area contributed by atoms with Gasteiger partial charge in [-0.2, -0.15) is 0 Å². The van der Waals surface area contributed by atoms with Crippen LogP contribution < -0.4 is 0 Å². The average Bonchev–Trinajstić information content (AvgIpc) is 2.93. The molecular formula is C71H134O17P2. The van der Waals surface area contributed by atoms with Gasteiger partial charge in [-0.3, -0.25) is 37.3 Å². The highest BCUT2D eigenvalue weighted by Crippen LogP contribution is 2.45. The van der Waals surface area contributed by atoms with Crippen molar-refractivity contribution in [2.24, 2.45) is 17.8 Å². The Balaban J connectivity index is 5.29. The maximum atomic E-state index is 13.0. The summed E-state index contributed by atoms with van der Waals surface area (Å²) in [5, 5.41) is 10.6. The number of aliphatic hydroxyl groups excluding tert-OH is 1. The number of carbonyl (C=O) groups is 4. The van der Waals surface area contributed by atoms with Gasteiger partial charge in [-0.25, -0.2) is 9.13 Å². The smallest absolute Gasteiger partial charge is 0.462 e. The Labute approximate surface area is 548 Å². The van der Waals surface area contributed by atoms with E-state index in [9.17, 15) is 43.2 Å². The molecule has 6 atom stereocenters. The fourth-order valence-electron chi connectivity index (χ4n) is 10.1. The van der Waals surface area contributed by atoms with E-state index in [1.54, 1.807) is 0 Å². The van der Waals surface area contributed by atoms with E-state index in [-0.39, 0.29) is 25.7 Å². The van der Waals surface area contributed by atoms with Gasteiger partial charge >= 0.3 is 39.5 Å². The van der Waals surface area contributed by atoms with Crippen molar-refractivity contribution in [3.8, 4) is 0 Å². The second-order valence-electron chi connectivity index (χ2n) is 26.1. The van der Waals surface area contributed by atoms with Crippen molar-refractivity contribution >= 4 is 39.5 Å². The maximum Gasteiger partial charge on any atom is 0.472 e. The molecule has 19 heteroatoms. The first-order valence-electron chi connectivity index (χ1n) is 36.2. The molecule has 3 N–H and O–H groups in total. The van der Waals surface area contributed by atoms with E-state index >= 15 is 0 Å². The van der Waals surface area contributed by atoms with E-state index in [0.29, 0.717) is 37.5 Å². The first-order chi connectivity index (χ1) is 43.3. The number of rotatable bonds is 67. The molecule has 0 heterocycles. The van der Waals surface area contributed by atoms with Crippen molar-refractivity contribution in [2.75, 3.05) is 39.6 Å². The molecule has 0 aliphatic heterocycles. The van der Waals surface area contributed by atoms with Crippen molar-refractivity contribution in [2.45, 2.75) is 349 Å². The van der Waals surface area contributed by atoms with Crippen LogP contribution in [0.25, 0.3) is 0 Å². The number of hydrogen-bond acceptors (Lipinski definition) is 15. The van der Waals surface area contributed by atoms with Crippen LogP contribution in [0.1, 0.15) is 331 Å². The minimum Gasteiger partial charge on any atom is -0.462 e. The first kappa shape index (κ1) is 87.5. The lowest BCUT2D eigenvalue weighted by atomic mass is 9.99. The number of carbonyl (C=O) groups excluding carboxylic acids is 4. The van der Waals surface area contributed by atoms with Gasteiger partial charge in [0.15, 0.2) is 12.2 Å². The van der Waals surface area contributed by atoms with Crippen LogP contribution in [0.5, 0.6) is 0 Å². The van der Waals surface area contributed by atoms with E-state index < -0.39 is 97.5 Å². The summed E-state index contributed by atoms with van der Waals surface area (Å²) in [6, 6.07) is 0. The Hall–Kier alpha value is -2.46. The molecule has 0 aromatic heterocycles. The zero-order chi connectivity index (χ0) is 66.6. The van der Waals surface area contributed by atoms with Crippen molar-refractivity contribution in [3.63, 3.8) is 0 Å². The third kappa shape index (κ3) is 63.0. The number of ether oxygens (including phenoxy) is 4. The highest BCUT2D eigenvalue weighted by molar-refractivity contribution is 7.47. The highest BCUT2D eigenvalue weighted by Gasteiger charge is 2.30. The van der Waals surface area contributed by atoms with E-state index in [1.807, 2.05) is 0 Å². The highest BCUT2D eigenvalue weighted by atomic mass is 31.2. The lowest BCUT2D eigenvalue weighted by Crippen LogP contribution is -2.30. The van der Waals surface area contributed by atoms with Crippen LogP contribution in [-0.2, 0) is 65.4 Å². The summed E-state index contributed by atoms with van der Waals surface area (Å²) in [4.78, 5) is 72.5. The standard InChI is InChI=1S/C71H134O17P2/c1-8-10-11-12-13-14-15-16-17-18-19-23-31-38-45-52-68(73)81-58-66(87-70(75)54-47-40-32-24-21-20-22-30-37-44-51-64(7)9-2)60-85-89(77,78)83-56-65(72)57-84-90(79,80)86-61-67(59-82-69(74)53-46-39-34-27-29-36-43-50-63(5)6)88-71(76)55-48-41-33-26-25-28-35-42-49-62(3)4/h14-17,62-67,72H,8-13,18-61H2,1-7H3,(H,77,78)(H,79,80)/b15-14-,17-16-/t64?,65?,66-,67-/m1/s1. The summed E-state index contributed by atoms with van der Waals surface area (Å²) < 4.78 is 68.2. The largest absolute Gasteiger partial charge is 0.472 e. The van der Waals surface area contributed by atoms with Gasteiger partial charge in [0.2, 0.25) is 0 Å². The summed E-state index contributed by atoms with van der Waals surface area (Å²) in [5.41, 5.74) is 0. The number of aliphatic hydroxyl groups is 1. The summed E-state index contributed by atoms with van der Waals surface area (Å²) in [7, 11) is -9.91. The van der Waals surface area contributed by atoms with Gasteiger partial charge in [-0.1, -0.05) is 278 Å². The van der Waals surface area contributed by atoms with Crippen molar-refractivity contribution in [3.05, 3.63) is 24.3 Å². The molecule has 0 bridgehead atoms. The number of esters is 4. The van der Waals surface area contributed by atoms with Crippen LogP contribution in [0.15, 0.2) is 24.3 Å². The first-order valence-corrected chi connectivity index (χ1v) is 39.2. The van der Waals surface area contributed by atoms with E-state index in [1.165, 1.54) is 116 Å². The van der Waals surface area contributed by atoms with E-state index in [4.69, 9.17) is 37.0 Å². The van der Waals surface area contributed by atoms with Crippen LogP contribution in [0, 0.1) is 17.8 Å². The van der Waals surface area contributed by atoms with Gasteiger partial charge in [-0.05, 0) is 69.1 Å². The molecule has 0 fully saturated rings. The molecule has 0 radical (unpaired) electrons. The van der Waals surface area contributed by atoms with Gasteiger partial charge in [0.1, 0.15) is 19.3 Å². The summed E-state index contributed by atoms with van der Waals surface area (Å²) in [6.07, 6.45) is 48.1. The zero-order valence-electron chi connectivity index (χ0n) is 58.1. The Morgan fingerprint density at radius 1 is 0.367 bits per heavy atom. The van der Waals surface area contributed by atoms with E-state index in [0.717, 1.165) is 121 Å². The van der Waals surface area contributed by atoms with Crippen LogP contribution in [-0.4, -0.2) is 96.7 Å². The van der Waals surface area contributed by atoms with Gasteiger partial charge in [0.25, 0.3) is 0 Å². The fourth-order valence-corrected chi connectivity index (χ4v) is 11.7. The third-order valence-corrected chi connectivity index (χ3v) is 18.0. The van der Waals surface area contributed by atoms with Gasteiger partial charge in [-0.15, -0.1) is 0 Å². The topological polar surface area (TPSA) is 237 Å². The minimum atomic E-state index is -4.96. The Bertz CT molecular complexity index is 1860. The molecule has 0 spiro atoms. The van der Waals surface area contributed by atoms with Crippen LogP contribution >= 0.6 is 15.6 Å². The second kappa shape index (κ2) is 61.4. The third-order valence-electron chi connectivity index (χ3n) is 16.1. The number of phosphoric acid groups is 2. The molecule has 0 aromatic carbocycles. The predicted molar refractivity (Wildman–Crippen MR) is 363 cm³/mol. The minimum absolute atomic E-state index is 0.0988. The molecule has 530 valence electrons. The summed E-state index contributed by atoms with van der Waals surface area (Å²) in [5.74, 6) is 0.0621. The SMILES string of the molecule is CCCCCC/C=C\C=C/CCCCCCCC(=O)OC[C@H](COP(=O)(O)OCC(O)COP(=O)(O)OC[C@@H](COC(=O)CCCCCCCCCC(C)C)OC(=O)CCCCCCCCCCC(C)C)OC(=O)CCCCCCCCCCCCC(C)CC. The predicted octanol–water partition coefficient (Wildman–Crippen LogP) is 19.8. The molecular weight excluding hydrogens is 1190 g/mol. The number of allylic oxidation sites excluding steroid dienone is 4. The average molecular weight is 1320 g/mol. The number of unbranched alkanes of at least 4 members (excludes halogenated alkanes) is 31. The molecule has 0 rings (SSSR count). The summed E-state index contributed by atoms with van der Waals surface area (Å²) >= 11 is 0.